The van der Waals surface area contributed by atoms with Gasteiger partial charge in [0, 0.05) is 18.8 Å². The molecule has 98 valence electrons. The molecule has 0 N–H and O–H groups in total. The summed E-state index contributed by atoms with van der Waals surface area (Å²) in [6.45, 7) is 9.04. The van der Waals surface area contributed by atoms with Gasteiger partial charge in [0.2, 0.25) is 0 Å². The summed E-state index contributed by atoms with van der Waals surface area (Å²) in [6.07, 6.45) is -0.333. The summed E-state index contributed by atoms with van der Waals surface area (Å²) < 4.78 is 5.36. The largest absolute Gasteiger partial charge is 0.362 e. The van der Waals surface area contributed by atoms with Gasteiger partial charge in [0.15, 0.2) is 0 Å². The van der Waals surface area contributed by atoms with Crippen LogP contribution >= 0.6 is 0 Å². The zero-order valence-electron chi connectivity index (χ0n) is 11.4. The highest BCUT2D eigenvalue weighted by Crippen LogP contribution is 2.03. The van der Waals surface area contributed by atoms with Gasteiger partial charge in [0.05, 0.1) is 18.4 Å². The fraction of sp³-hybridized carbons (Fsp3) is 0.571. The first-order chi connectivity index (χ1) is 8.65. The van der Waals surface area contributed by atoms with E-state index in [1.54, 1.807) is 6.92 Å². The number of rotatable bonds is 7. The number of likely N-dealkylation sites (N-methyl/N-ethyl adjacent to an activating group) is 1. The van der Waals surface area contributed by atoms with E-state index in [4.69, 9.17) is 10.00 Å². The molecule has 0 radical (unpaired) electrons. The Balaban J connectivity index is 2.40. The molecule has 0 aliphatic rings. The van der Waals surface area contributed by atoms with Crippen LogP contribution in [-0.4, -0.2) is 35.7 Å². The Bertz CT molecular complexity index is 400. The molecule has 1 aromatic rings. The van der Waals surface area contributed by atoms with E-state index in [0.717, 1.165) is 31.0 Å². The van der Waals surface area contributed by atoms with Crippen LogP contribution < -0.4 is 0 Å². The molecule has 1 unspecified atom stereocenters. The Morgan fingerprint density at radius 3 is 2.89 bits per heavy atom. The molecule has 1 aromatic heterocycles. The van der Waals surface area contributed by atoms with Gasteiger partial charge in [-0.05, 0) is 32.5 Å². The third-order valence-corrected chi connectivity index (χ3v) is 2.74. The second-order valence-corrected chi connectivity index (χ2v) is 4.28. The quantitative estimate of drug-likeness (QED) is 0.740. The van der Waals surface area contributed by atoms with Crippen molar-refractivity contribution < 1.29 is 4.74 Å². The van der Waals surface area contributed by atoms with Crippen molar-refractivity contribution in [1.29, 1.82) is 5.26 Å². The van der Waals surface area contributed by atoms with Crippen molar-refractivity contribution in [2.24, 2.45) is 0 Å². The van der Waals surface area contributed by atoms with Crippen LogP contribution in [0, 0.1) is 18.3 Å². The fourth-order valence-corrected chi connectivity index (χ4v) is 1.66. The summed E-state index contributed by atoms with van der Waals surface area (Å²) in [4.78, 5) is 6.74. The summed E-state index contributed by atoms with van der Waals surface area (Å²) in [5.41, 5.74) is 2.11. The van der Waals surface area contributed by atoms with Crippen LogP contribution in [0.2, 0.25) is 0 Å². The van der Waals surface area contributed by atoms with Crippen molar-refractivity contribution in [3.63, 3.8) is 0 Å². The number of aromatic nitrogens is 1. The van der Waals surface area contributed by atoms with Crippen molar-refractivity contribution in [1.82, 2.24) is 9.88 Å². The zero-order valence-corrected chi connectivity index (χ0v) is 11.4. The first-order valence-electron chi connectivity index (χ1n) is 6.31. The molecule has 0 aromatic carbocycles. The van der Waals surface area contributed by atoms with Crippen LogP contribution in [0.3, 0.4) is 0 Å². The number of nitrogens with zero attached hydrogens (tertiary/aromatic N) is 3. The van der Waals surface area contributed by atoms with Gasteiger partial charge in [-0.1, -0.05) is 13.0 Å². The first kappa shape index (κ1) is 14.6. The Morgan fingerprint density at radius 2 is 2.28 bits per heavy atom. The predicted octanol–water partition coefficient (Wildman–Crippen LogP) is 2.14. The van der Waals surface area contributed by atoms with E-state index >= 15 is 0 Å². The summed E-state index contributed by atoms with van der Waals surface area (Å²) in [5.74, 6) is 0. The standard InChI is InChI=1S/C14H21N3O/c1-4-17(8-9-18-13(3)10-15)11-14-7-5-6-12(2)16-14/h5-7,13H,4,8-9,11H2,1-3H3. The van der Waals surface area contributed by atoms with E-state index in [1.165, 1.54) is 0 Å². The molecule has 4 nitrogen and oxygen atoms in total. The third kappa shape index (κ3) is 5.26. The molecule has 0 saturated carbocycles. The molecule has 18 heavy (non-hydrogen) atoms. The topological polar surface area (TPSA) is 49.1 Å². The van der Waals surface area contributed by atoms with Crippen LogP contribution in [0.15, 0.2) is 18.2 Å². The predicted molar refractivity (Wildman–Crippen MR) is 71.0 cm³/mol. The number of pyridine rings is 1. The molecule has 4 heteroatoms. The maximum absolute atomic E-state index is 8.62. The second-order valence-electron chi connectivity index (χ2n) is 4.28. The number of nitriles is 1. The molecule has 1 heterocycles. The molecular formula is C14H21N3O. The fourth-order valence-electron chi connectivity index (χ4n) is 1.66. The summed E-state index contributed by atoms with van der Waals surface area (Å²) >= 11 is 0. The lowest BCUT2D eigenvalue weighted by atomic mass is 10.3. The molecule has 1 rings (SSSR count). The van der Waals surface area contributed by atoms with Crippen molar-refractivity contribution in [3.05, 3.63) is 29.6 Å². The highest BCUT2D eigenvalue weighted by Gasteiger charge is 2.06. The second kappa shape index (κ2) is 7.80. The van der Waals surface area contributed by atoms with Crippen LogP contribution in [0.4, 0.5) is 0 Å². The van der Waals surface area contributed by atoms with Gasteiger partial charge in [0.25, 0.3) is 0 Å². The number of aryl methyl sites for hydroxylation is 1. The average Bonchev–Trinajstić information content (AvgIpc) is 2.37. The summed E-state index contributed by atoms with van der Waals surface area (Å²) in [5, 5.41) is 8.62. The average molecular weight is 247 g/mol. The van der Waals surface area contributed by atoms with E-state index in [1.807, 2.05) is 25.1 Å². The number of hydrogen-bond acceptors (Lipinski definition) is 4. The summed E-state index contributed by atoms with van der Waals surface area (Å²) in [6, 6.07) is 8.12. The van der Waals surface area contributed by atoms with Gasteiger partial charge in [-0.15, -0.1) is 0 Å². The SMILES string of the molecule is CCN(CCOC(C)C#N)Cc1cccc(C)n1. The van der Waals surface area contributed by atoms with Gasteiger partial charge < -0.3 is 4.74 Å². The van der Waals surface area contributed by atoms with Crippen molar-refractivity contribution >= 4 is 0 Å². The van der Waals surface area contributed by atoms with Gasteiger partial charge in [-0.2, -0.15) is 5.26 Å². The van der Waals surface area contributed by atoms with Gasteiger partial charge >= 0.3 is 0 Å². The number of hydrogen-bond donors (Lipinski definition) is 0. The molecule has 0 amide bonds. The molecule has 0 spiro atoms. The maximum atomic E-state index is 8.62. The van der Waals surface area contributed by atoms with Gasteiger partial charge in [0.1, 0.15) is 6.10 Å². The lowest BCUT2D eigenvalue weighted by molar-refractivity contribution is 0.0773. The monoisotopic (exact) mass is 247 g/mol. The Labute approximate surface area is 109 Å². The molecule has 0 saturated heterocycles. The van der Waals surface area contributed by atoms with Crippen LogP contribution in [-0.2, 0) is 11.3 Å². The molecule has 1 atom stereocenters. The minimum absolute atomic E-state index is 0.333. The normalized spacial score (nSPS) is 12.4. The Morgan fingerprint density at radius 1 is 1.50 bits per heavy atom. The zero-order chi connectivity index (χ0) is 13.4. The van der Waals surface area contributed by atoms with Crippen molar-refractivity contribution in [3.8, 4) is 6.07 Å². The van der Waals surface area contributed by atoms with E-state index in [2.05, 4.69) is 22.9 Å². The smallest absolute Gasteiger partial charge is 0.141 e. The van der Waals surface area contributed by atoms with E-state index in [-0.39, 0.29) is 6.10 Å². The molecule has 0 aliphatic carbocycles. The molecule has 0 bridgehead atoms. The van der Waals surface area contributed by atoms with Crippen molar-refractivity contribution in [2.75, 3.05) is 19.7 Å². The highest BCUT2D eigenvalue weighted by atomic mass is 16.5. The Hall–Kier alpha value is -1.44. The molecular weight excluding hydrogens is 226 g/mol. The molecule has 0 fully saturated rings. The number of ether oxygens (including phenoxy) is 1. The van der Waals surface area contributed by atoms with E-state index in [0.29, 0.717) is 6.61 Å². The first-order valence-corrected chi connectivity index (χ1v) is 6.31. The lowest BCUT2D eigenvalue weighted by Gasteiger charge is -2.20. The highest BCUT2D eigenvalue weighted by molar-refractivity contribution is 5.09. The van der Waals surface area contributed by atoms with Gasteiger partial charge in [-0.3, -0.25) is 9.88 Å². The molecule has 0 aliphatic heterocycles. The van der Waals surface area contributed by atoms with Crippen LogP contribution in [0.25, 0.3) is 0 Å². The van der Waals surface area contributed by atoms with Gasteiger partial charge in [-0.25, -0.2) is 0 Å². The van der Waals surface area contributed by atoms with Crippen molar-refractivity contribution in [2.45, 2.75) is 33.4 Å². The van der Waals surface area contributed by atoms with Crippen LogP contribution in [0.5, 0.6) is 0 Å². The maximum Gasteiger partial charge on any atom is 0.141 e. The lowest BCUT2D eigenvalue weighted by Crippen LogP contribution is -2.28. The minimum atomic E-state index is -0.333. The Kier molecular flexibility index (Phi) is 6.34. The summed E-state index contributed by atoms with van der Waals surface area (Å²) in [7, 11) is 0. The van der Waals surface area contributed by atoms with Crippen LogP contribution in [0.1, 0.15) is 25.2 Å². The van der Waals surface area contributed by atoms with E-state index in [9.17, 15) is 0 Å². The minimum Gasteiger partial charge on any atom is -0.362 e. The third-order valence-electron chi connectivity index (χ3n) is 2.74. The van der Waals surface area contributed by atoms with E-state index < -0.39 is 0 Å².